The van der Waals surface area contributed by atoms with Crippen LogP contribution in [-0.4, -0.2) is 35.7 Å². The molecule has 0 aliphatic heterocycles. The predicted molar refractivity (Wildman–Crippen MR) is 87.3 cm³/mol. The summed E-state index contributed by atoms with van der Waals surface area (Å²) in [4.78, 5) is 11.4. The zero-order valence-corrected chi connectivity index (χ0v) is 13.5. The topological polar surface area (TPSA) is 28.5 Å². The van der Waals surface area contributed by atoms with Gasteiger partial charge < -0.3 is 0 Å². The fourth-order valence-corrected chi connectivity index (χ4v) is 2.18. The fraction of sp³-hybridized carbons (Fsp3) is 0.529. The van der Waals surface area contributed by atoms with Gasteiger partial charge in [-0.25, -0.2) is 0 Å². The molecule has 0 unspecified atom stereocenters. The van der Waals surface area contributed by atoms with E-state index < -0.39 is 0 Å². The Morgan fingerprint density at radius 1 is 1.45 bits per heavy atom. The molecule has 3 nitrogen and oxygen atoms in total. The van der Waals surface area contributed by atoms with Crippen LogP contribution in [-0.2, 0) is 6.54 Å². The highest BCUT2D eigenvalue weighted by Crippen LogP contribution is 2.09. The Kier molecular flexibility index (Phi) is 7.16. The standard InChI is InChI=1S/C17H27N3/c1-6-11-20(12-16(18-5)14(3)7-2)13-17-15(4)9-8-10-19-17/h7-10H,6,11-13H2,1-5H3/b14-7-,18-16?. The first kappa shape index (κ1) is 16.6. The number of pyridine rings is 1. The van der Waals surface area contributed by atoms with Crippen molar-refractivity contribution >= 4 is 5.71 Å². The highest BCUT2D eigenvalue weighted by atomic mass is 15.1. The molecule has 1 rings (SSSR count). The Balaban J connectivity index is 2.82. The van der Waals surface area contributed by atoms with E-state index in [9.17, 15) is 0 Å². The molecule has 0 aromatic carbocycles. The van der Waals surface area contributed by atoms with E-state index in [1.54, 1.807) is 0 Å². The Hall–Kier alpha value is -1.48. The average Bonchev–Trinajstić information content (AvgIpc) is 2.46. The number of nitrogens with zero attached hydrogens (tertiary/aromatic N) is 3. The number of aryl methyl sites for hydroxylation is 1. The van der Waals surface area contributed by atoms with Crippen molar-refractivity contribution in [1.82, 2.24) is 9.88 Å². The Labute approximate surface area is 123 Å². The Morgan fingerprint density at radius 3 is 2.75 bits per heavy atom. The quantitative estimate of drug-likeness (QED) is 0.710. The van der Waals surface area contributed by atoms with Crippen LogP contribution in [0.2, 0.25) is 0 Å². The summed E-state index contributed by atoms with van der Waals surface area (Å²) in [5, 5.41) is 0. The van der Waals surface area contributed by atoms with Gasteiger partial charge in [-0.1, -0.05) is 19.1 Å². The van der Waals surface area contributed by atoms with Gasteiger partial charge in [0.15, 0.2) is 0 Å². The minimum absolute atomic E-state index is 0.885. The van der Waals surface area contributed by atoms with E-state index in [1.165, 1.54) is 11.1 Å². The van der Waals surface area contributed by atoms with Crippen molar-refractivity contribution in [2.45, 2.75) is 40.7 Å². The van der Waals surface area contributed by atoms with Crippen molar-refractivity contribution < 1.29 is 0 Å². The lowest BCUT2D eigenvalue weighted by Gasteiger charge is -2.23. The minimum atomic E-state index is 0.885. The van der Waals surface area contributed by atoms with Crippen molar-refractivity contribution in [3.8, 4) is 0 Å². The molecule has 1 aromatic heterocycles. The molecule has 0 saturated heterocycles. The van der Waals surface area contributed by atoms with Crippen LogP contribution in [0, 0.1) is 6.92 Å². The zero-order chi connectivity index (χ0) is 15.0. The second-order valence-electron chi connectivity index (χ2n) is 5.12. The van der Waals surface area contributed by atoms with E-state index in [2.05, 4.69) is 54.7 Å². The molecule has 0 amide bonds. The Morgan fingerprint density at radius 2 is 2.20 bits per heavy atom. The van der Waals surface area contributed by atoms with Crippen molar-refractivity contribution in [1.29, 1.82) is 0 Å². The van der Waals surface area contributed by atoms with E-state index in [0.717, 1.165) is 37.5 Å². The van der Waals surface area contributed by atoms with Crippen LogP contribution >= 0.6 is 0 Å². The number of aliphatic imine (C=N–C) groups is 1. The number of hydrogen-bond acceptors (Lipinski definition) is 3. The second-order valence-corrected chi connectivity index (χ2v) is 5.12. The van der Waals surface area contributed by atoms with Gasteiger partial charge in [0.05, 0.1) is 11.4 Å². The lowest BCUT2D eigenvalue weighted by atomic mass is 10.1. The molecule has 0 saturated carbocycles. The second kappa shape index (κ2) is 8.64. The molecule has 0 radical (unpaired) electrons. The van der Waals surface area contributed by atoms with Gasteiger partial charge in [-0.3, -0.25) is 14.9 Å². The van der Waals surface area contributed by atoms with Crippen molar-refractivity contribution in [2.24, 2.45) is 4.99 Å². The molecule has 0 fully saturated rings. The number of rotatable bonds is 7. The first-order valence-electron chi connectivity index (χ1n) is 7.34. The van der Waals surface area contributed by atoms with Crippen LogP contribution in [0.4, 0.5) is 0 Å². The van der Waals surface area contributed by atoms with Gasteiger partial charge in [0, 0.05) is 26.3 Å². The van der Waals surface area contributed by atoms with E-state index >= 15 is 0 Å². The van der Waals surface area contributed by atoms with Crippen LogP contribution in [0.25, 0.3) is 0 Å². The van der Waals surface area contributed by atoms with Crippen molar-refractivity contribution in [3.05, 3.63) is 41.2 Å². The highest BCUT2D eigenvalue weighted by Gasteiger charge is 2.11. The summed E-state index contributed by atoms with van der Waals surface area (Å²) in [7, 11) is 1.87. The van der Waals surface area contributed by atoms with E-state index in [4.69, 9.17) is 0 Å². The normalized spacial score (nSPS) is 13.1. The van der Waals surface area contributed by atoms with E-state index in [0.29, 0.717) is 0 Å². The molecule has 20 heavy (non-hydrogen) atoms. The van der Waals surface area contributed by atoms with Crippen LogP contribution in [0.1, 0.15) is 38.4 Å². The van der Waals surface area contributed by atoms with Gasteiger partial charge in [-0.2, -0.15) is 0 Å². The van der Waals surface area contributed by atoms with Gasteiger partial charge in [0.1, 0.15) is 0 Å². The third-order valence-corrected chi connectivity index (χ3v) is 3.56. The van der Waals surface area contributed by atoms with Crippen LogP contribution in [0.5, 0.6) is 0 Å². The molecule has 0 aliphatic carbocycles. The summed E-state index contributed by atoms with van der Waals surface area (Å²) in [6, 6.07) is 4.12. The molecular weight excluding hydrogens is 246 g/mol. The lowest BCUT2D eigenvalue weighted by Crippen LogP contribution is -2.31. The predicted octanol–water partition coefficient (Wildman–Crippen LogP) is 3.64. The van der Waals surface area contributed by atoms with Gasteiger partial charge in [0.25, 0.3) is 0 Å². The molecule has 0 spiro atoms. The SMILES string of the molecule is C/C=C(/C)C(CN(CCC)Cc1ncccc1C)=NC. The van der Waals surface area contributed by atoms with Crippen molar-refractivity contribution in [2.75, 3.05) is 20.1 Å². The van der Waals surface area contributed by atoms with E-state index in [1.807, 2.05) is 19.3 Å². The molecule has 0 atom stereocenters. The Bertz CT molecular complexity index is 475. The first-order chi connectivity index (χ1) is 9.62. The molecule has 0 bridgehead atoms. The average molecular weight is 273 g/mol. The van der Waals surface area contributed by atoms with Crippen LogP contribution < -0.4 is 0 Å². The maximum absolute atomic E-state index is 4.50. The van der Waals surface area contributed by atoms with E-state index in [-0.39, 0.29) is 0 Å². The number of allylic oxidation sites excluding steroid dienone is 1. The maximum atomic E-state index is 4.50. The maximum Gasteiger partial charge on any atom is 0.0573 e. The fourth-order valence-electron chi connectivity index (χ4n) is 2.18. The molecule has 0 N–H and O–H groups in total. The van der Waals surface area contributed by atoms with Crippen LogP contribution in [0.15, 0.2) is 35.0 Å². The van der Waals surface area contributed by atoms with Gasteiger partial charge in [-0.15, -0.1) is 0 Å². The lowest BCUT2D eigenvalue weighted by molar-refractivity contribution is 0.299. The van der Waals surface area contributed by atoms with Crippen molar-refractivity contribution in [3.63, 3.8) is 0 Å². The molecule has 1 heterocycles. The van der Waals surface area contributed by atoms with Crippen LogP contribution in [0.3, 0.4) is 0 Å². The summed E-state index contributed by atoms with van der Waals surface area (Å²) < 4.78 is 0. The molecular formula is C17H27N3. The monoisotopic (exact) mass is 273 g/mol. The number of hydrogen-bond donors (Lipinski definition) is 0. The van der Waals surface area contributed by atoms with Gasteiger partial charge in [0.2, 0.25) is 0 Å². The summed E-state index contributed by atoms with van der Waals surface area (Å²) in [6.45, 7) is 11.4. The summed E-state index contributed by atoms with van der Waals surface area (Å²) in [6.07, 6.45) is 5.13. The van der Waals surface area contributed by atoms with Gasteiger partial charge in [-0.05, 0) is 50.9 Å². The minimum Gasteiger partial charge on any atom is -0.292 e. The molecule has 0 aliphatic rings. The molecule has 110 valence electrons. The highest BCUT2D eigenvalue weighted by molar-refractivity contribution is 6.01. The summed E-state index contributed by atoms with van der Waals surface area (Å²) in [5.74, 6) is 0. The molecule has 1 aromatic rings. The zero-order valence-electron chi connectivity index (χ0n) is 13.5. The molecule has 3 heteroatoms. The third-order valence-electron chi connectivity index (χ3n) is 3.56. The smallest absolute Gasteiger partial charge is 0.0573 e. The summed E-state index contributed by atoms with van der Waals surface area (Å²) >= 11 is 0. The summed E-state index contributed by atoms with van der Waals surface area (Å²) in [5.41, 5.74) is 4.83. The first-order valence-corrected chi connectivity index (χ1v) is 7.34. The van der Waals surface area contributed by atoms with Gasteiger partial charge >= 0.3 is 0 Å². The largest absolute Gasteiger partial charge is 0.292 e. The number of aromatic nitrogens is 1. The third kappa shape index (κ3) is 4.89.